The smallest absolute Gasteiger partial charge is 0.341 e. The Balaban J connectivity index is 1.65. The topological polar surface area (TPSA) is 83.6 Å². The van der Waals surface area contributed by atoms with Gasteiger partial charge in [-0.25, -0.2) is 9.48 Å². The molecular formula is C21H25N5O4. The SMILES string of the molecule is CCOC(=O)c1cnn(-c2ccc3c(c2)OCCO3)c1CN(C)Cc1cnn(C)c1. The molecule has 0 amide bonds. The Morgan fingerprint density at radius 1 is 1.17 bits per heavy atom. The molecular weight excluding hydrogens is 386 g/mol. The second-order valence-corrected chi connectivity index (χ2v) is 7.16. The number of fused-ring (bicyclic) bond motifs is 1. The van der Waals surface area contributed by atoms with Gasteiger partial charge in [0.25, 0.3) is 0 Å². The molecule has 1 aliphatic rings. The Bertz CT molecular complexity index is 1040. The van der Waals surface area contributed by atoms with Gasteiger partial charge in [0.1, 0.15) is 18.8 Å². The number of aryl methyl sites for hydroxylation is 1. The number of hydrogen-bond donors (Lipinski definition) is 0. The van der Waals surface area contributed by atoms with E-state index in [0.717, 1.165) is 16.9 Å². The van der Waals surface area contributed by atoms with E-state index in [1.807, 2.05) is 44.7 Å². The minimum atomic E-state index is -0.383. The van der Waals surface area contributed by atoms with Crippen molar-refractivity contribution in [3.63, 3.8) is 0 Å². The molecule has 0 unspecified atom stereocenters. The van der Waals surface area contributed by atoms with Crippen molar-refractivity contribution in [3.05, 3.63) is 53.6 Å². The summed E-state index contributed by atoms with van der Waals surface area (Å²) in [6.45, 7) is 4.31. The number of carbonyl (C=O) groups excluding carboxylic acids is 1. The highest BCUT2D eigenvalue weighted by Gasteiger charge is 2.22. The zero-order chi connectivity index (χ0) is 21.1. The number of carbonyl (C=O) groups is 1. The van der Waals surface area contributed by atoms with Crippen molar-refractivity contribution in [1.29, 1.82) is 0 Å². The zero-order valence-corrected chi connectivity index (χ0v) is 17.4. The number of nitrogens with zero attached hydrogens (tertiary/aromatic N) is 5. The van der Waals surface area contributed by atoms with Gasteiger partial charge in [0.2, 0.25) is 0 Å². The first-order chi connectivity index (χ1) is 14.5. The lowest BCUT2D eigenvalue weighted by atomic mass is 10.2. The summed E-state index contributed by atoms with van der Waals surface area (Å²) in [5, 5.41) is 8.69. The fourth-order valence-corrected chi connectivity index (χ4v) is 3.47. The van der Waals surface area contributed by atoms with E-state index in [2.05, 4.69) is 15.1 Å². The largest absolute Gasteiger partial charge is 0.486 e. The van der Waals surface area contributed by atoms with Crippen LogP contribution in [0.5, 0.6) is 11.5 Å². The molecule has 0 spiro atoms. The highest BCUT2D eigenvalue weighted by Crippen LogP contribution is 2.32. The standard InChI is InChI=1S/C21H25N5O4/c1-4-28-21(27)17-11-23-26(16-5-6-19-20(9-16)30-8-7-29-19)18(17)14-24(2)12-15-10-22-25(3)13-15/h5-6,9-11,13H,4,7-8,12,14H2,1-3H3. The Morgan fingerprint density at radius 3 is 2.70 bits per heavy atom. The molecule has 2 aromatic heterocycles. The predicted molar refractivity (Wildman–Crippen MR) is 109 cm³/mol. The van der Waals surface area contributed by atoms with Gasteiger partial charge < -0.3 is 14.2 Å². The van der Waals surface area contributed by atoms with Crippen molar-refractivity contribution < 1.29 is 19.0 Å². The number of benzene rings is 1. The molecule has 0 bridgehead atoms. The molecule has 30 heavy (non-hydrogen) atoms. The van der Waals surface area contributed by atoms with Crippen molar-refractivity contribution in [3.8, 4) is 17.2 Å². The van der Waals surface area contributed by atoms with Crippen LogP contribution in [0.2, 0.25) is 0 Å². The lowest BCUT2D eigenvalue weighted by molar-refractivity contribution is 0.0524. The first-order valence-electron chi connectivity index (χ1n) is 9.85. The van der Waals surface area contributed by atoms with Gasteiger partial charge in [0, 0.05) is 38.0 Å². The Kier molecular flexibility index (Phi) is 5.71. The van der Waals surface area contributed by atoms with E-state index in [-0.39, 0.29) is 5.97 Å². The quantitative estimate of drug-likeness (QED) is 0.551. The maximum Gasteiger partial charge on any atom is 0.341 e. The van der Waals surface area contributed by atoms with Gasteiger partial charge >= 0.3 is 5.97 Å². The van der Waals surface area contributed by atoms with Crippen LogP contribution in [-0.4, -0.2) is 57.3 Å². The molecule has 1 aromatic carbocycles. The zero-order valence-electron chi connectivity index (χ0n) is 17.4. The average Bonchev–Trinajstić information content (AvgIpc) is 3.33. The molecule has 0 saturated carbocycles. The second-order valence-electron chi connectivity index (χ2n) is 7.16. The van der Waals surface area contributed by atoms with Crippen molar-refractivity contribution >= 4 is 5.97 Å². The number of hydrogen-bond acceptors (Lipinski definition) is 7. The monoisotopic (exact) mass is 411 g/mol. The lowest BCUT2D eigenvalue weighted by Gasteiger charge is -2.20. The molecule has 0 fully saturated rings. The normalized spacial score (nSPS) is 12.9. The lowest BCUT2D eigenvalue weighted by Crippen LogP contribution is -2.21. The van der Waals surface area contributed by atoms with Crippen LogP contribution < -0.4 is 9.47 Å². The molecule has 4 rings (SSSR count). The van der Waals surface area contributed by atoms with Crippen LogP contribution in [-0.2, 0) is 24.9 Å². The maximum absolute atomic E-state index is 12.5. The highest BCUT2D eigenvalue weighted by atomic mass is 16.6. The molecule has 3 aromatic rings. The fraction of sp³-hybridized carbons (Fsp3) is 0.381. The van der Waals surface area contributed by atoms with Crippen LogP contribution in [0.4, 0.5) is 0 Å². The van der Waals surface area contributed by atoms with Crippen LogP contribution in [0, 0.1) is 0 Å². The minimum absolute atomic E-state index is 0.305. The van der Waals surface area contributed by atoms with E-state index in [9.17, 15) is 4.79 Å². The second kappa shape index (κ2) is 8.58. The van der Waals surface area contributed by atoms with Gasteiger partial charge in [-0.15, -0.1) is 0 Å². The summed E-state index contributed by atoms with van der Waals surface area (Å²) in [5.74, 6) is 0.991. The molecule has 0 atom stereocenters. The summed E-state index contributed by atoms with van der Waals surface area (Å²) in [6.07, 6.45) is 5.36. The van der Waals surface area contributed by atoms with Crippen molar-refractivity contribution in [2.24, 2.45) is 7.05 Å². The van der Waals surface area contributed by atoms with Crippen LogP contribution in [0.15, 0.2) is 36.8 Å². The average molecular weight is 411 g/mol. The number of rotatable bonds is 7. The van der Waals surface area contributed by atoms with E-state index < -0.39 is 0 Å². The van der Waals surface area contributed by atoms with Gasteiger partial charge in [0.05, 0.1) is 30.4 Å². The van der Waals surface area contributed by atoms with Crippen molar-refractivity contribution in [2.45, 2.75) is 20.0 Å². The van der Waals surface area contributed by atoms with Gasteiger partial charge in [0.15, 0.2) is 11.5 Å². The molecule has 0 radical (unpaired) electrons. The van der Waals surface area contributed by atoms with Crippen molar-refractivity contribution in [2.75, 3.05) is 26.9 Å². The van der Waals surface area contributed by atoms with Gasteiger partial charge in [-0.1, -0.05) is 0 Å². The van der Waals surface area contributed by atoms with Gasteiger partial charge in [-0.3, -0.25) is 9.58 Å². The van der Waals surface area contributed by atoms with E-state index >= 15 is 0 Å². The molecule has 1 aliphatic heterocycles. The predicted octanol–water partition coefficient (Wildman–Crippen LogP) is 2.19. The van der Waals surface area contributed by atoms with Crippen LogP contribution in [0.1, 0.15) is 28.5 Å². The third kappa shape index (κ3) is 4.16. The Hall–Kier alpha value is -3.33. The summed E-state index contributed by atoms with van der Waals surface area (Å²) < 4.78 is 20.1. The summed E-state index contributed by atoms with van der Waals surface area (Å²) in [5.41, 5.74) is 3.07. The van der Waals surface area contributed by atoms with E-state index in [4.69, 9.17) is 14.2 Å². The summed E-state index contributed by atoms with van der Waals surface area (Å²) in [4.78, 5) is 14.6. The van der Waals surface area contributed by atoms with E-state index in [1.54, 1.807) is 22.5 Å². The molecule has 3 heterocycles. The highest BCUT2D eigenvalue weighted by molar-refractivity contribution is 5.90. The Labute approximate surface area is 174 Å². The fourth-order valence-electron chi connectivity index (χ4n) is 3.47. The summed E-state index contributed by atoms with van der Waals surface area (Å²) in [7, 11) is 3.88. The van der Waals surface area contributed by atoms with Gasteiger partial charge in [-0.2, -0.15) is 10.2 Å². The van der Waals surface area contributed by atoms with E-state index in [1.165, 1.54) is 0 Å². The summed E-state index contributed by atoms with van der Waals surface area (Å²) in [6, 6.07) is 5.64. The third-order valence-electron chi connectivity index (χ3n) is 4.77. The molecule has 0 N–H and O–H groups in total. The summed E-state index contributed by atoms with van der Waals surface area (Å²) >= 11 is 0. The molecule has 9 heteroatoms. The number of esters is 1. The van der Waals surface area contributed by atoms with E-state index in [0.29, 0.717) is 50.0 Å². The van der Waals surface area contributed by atoms with Crippen LogP contribution >= 0.6 is 0 Å². The maximum atomic E-state index is 12.5. The molecule has 9 nitrogen and oxygen atoms in total. The first kappa shape index (κ1) is 20.0. The van der Waals surface area contributed by atoms with Gasteiger partial charge in [-0.05, 0) is 26.1 Å². The molecule has 158 valence electrons. The number of ether oxygens (including phenoxy) is 3. The first-order valence-corrected chi connectivity index (χ1v) is 9.85. The molecule has 0 saturated heterocycles. The van der Waals surface area contributed by atoms with Crippen LogP contribution in [0.3, 0.4) is 0 Å². The Morgan fingerprint density at radius 2 is 1.97 bits per heavy atom. The minimum Gasteiger partial charge on any atom is -0.486 e. The number of aromatic nitrogens is 4. The van der Waals surface area contributed by atoms with Crippen LogP contribution in [0.25, 0.3) is 5.69 Å². The molecule has 0 aliphatic carbocycles. The third-order valence-corrected chi connectivity index (χ3v) is 4.77. The van der Waals surface area contributed by atoms with Crippen molar-refractivity contribution in [1.82, 2.24) is 24.5 Å².